The number of carbonyl (C=O) groups is 2. The quantitative estimate of drug-likeness (QED) is 0.756. The maximum atomic E-state index is 12.3. The first-order valence-corrected chi connectivity index (χ1v) is 10.0. The van der Waals surface area contributed by atoms with Crippen molar-refractivity contribution in [1.82, 2.24) is 4.90 Å². The van der Waals surface area contributed by atoms with Crippen LogP contribution in [0.4, 0.5) is 0 Å². The lowest BCUT2D eigenvalue weighted by atomic mass is 9.96. The van der Waals surface area contributed by atoms with Gasteiger partial charge in [-0.15, -0.1) is 0 Å². The van der Waals surface area contributed by atoms with Gasteiger partial charge in [-0.3, -0.25) is 4.79 Å². The maximum absolute atomic E-state index is 12.3. The van der Waals surface area contributed by atoms with Gasteiger partial charge in [0.15, 0.2) is 0 Å². The number of halogens is 1. The standard InChI is InChI=1S/C22H25ClN2O3/c23-19-11-9-18(10-12-19)22(17-5-2-1-3-6-17)25-15-13-24(14-16-25)20(26)7-4-8-21(27)28/h1-3,5-6,9-12,22H,4,7-8,13-16H2,(H,27,28)/t22-/m0/s1. The zero-order valence-electron chi connectivity index (χ0n) is 15.8. The number of hydrogen-bond donors (Lipinski definition) is 1. The first-order valence-electron chi connectivity index (χ1n) is 9.67. The van der Waals surface area contributed by atoms with Crippen molar-refractivity contribution in [1.29, 1.82) is 0 Å². The third-order valence-electron chi connectivity index (χ3n) is 5.27. The summed E-state index contributed by atoms with van der Waals surface area (Å²) in [6, 6.07) is 18.6. The Morgan fingerprint density at radius 2 is 1.57 bits per heavy atom. The normalized spacial score (nSPS) is 16.0. The molecule has 148 valence electrons. The summed E-state index contributed by atoms with van der Waals surface area (Å²) in [5.74, 6) is -1.07. The van der Waals surface area contributed by atoms with Gasteiger partial charge in [-0.05, 0) is 25.0 Å². The van der Waals surface area contributed by atoms with Gasteiger partial charge in [0.2, 0.25) is 5.91 Å². The highest BCUT2D eigenvalue weighted by atomic mass is 35.5. The Morgan fingerprint density at radius 1 is 0.964 bits per heavy atom. The van der Waals surface area contributed by atoms with E-state index in [1.54, 1.807) is 0 Å². The number of nitrogens with zero attached hydrogens (tertiary/aromatic N) is 1. The molecule has 2 aromatic carbocycles. The van der Waals surface area contributed by atoms with Crippen molar-refractivity contribution < 1.29 is 19.6 Å². The molecule has 2 aromatic rings. The molecule has 0 aromatic heterocycles. The summed E-state index contributed by atoms with van der Waals surface area (Å²) < 4.78 is 0. The molecule has 28 heavy (non-hydrogen) atoms. The van der Waals surface area contributed by atoms with E-state index in [9.17, 15) is 14.7 Å². The number of piperazine rings is 1. The topological polar surface area (TPSA) is 64.9 Å². The minimum atomic E-state index is -1.10. The minimum Gasteiger partial charge on any atom is -0.550 e. The second-order valence-electron chi connectivity index (χ2n) is 7.16. The predicted octanol–water partition coefficient (Wildman–Crippen LogP) is 1.08. The summed E-state index contributed by atoms with van der Waals surface area (Å²) >= 11 is 6.07. The average molecular weight is 401 g/mol. The fourth-order valence-corrected chi connectivity index (χ4v) is 3.96. The lowest BCUT2D eigenvalue weighted by Gasteiger charge is -2.37. The number of amides is 1. The van der Waals surface area contributed by atoms with Crippen molar-refractivity contribution in [2.24, 2.45) is 0 Å². The number of nitrogens with one attached hydrogen (secondary N) is 1. The Hall–Kier alpha value is -2.37. The first kappa shape index (κ1) is 20.4. The van der Waals surface area contributed by atoms with Crippen molar-refractivity contribution >= 4 is 23.5 Å². The molecule has 0 spiro atoms. The zero-order chi connectivity index (χ0) is 19.9. The second kappa shape index (κ2) is 9.71. The average Bonchev–Trinajstić information content (AvgIpc) is 2.71. The monoisotopic (exact) mass is 400 g/mol. The van der Waals surface area contributed by atoms with Crippen LogP contribution >= 0.6 is 11.6 Å². The van der Waals surface area contributed by atoms with E-state index < -0.39 is 5.97 Å². The Bertz CT molecular complexity index is 787. The summed E-state index contributed by atoms with van der Waals surface area (Å²) in [5.41, 5.74) is 2.45. The Kier molecular flexibility index (Phi) is 7.06. The Morgan fingerprint density at radius 3 is 2.18 bits per heavy atom. The summed E-state index contributed by atoms with van der Waals surface area (Å²) in [7, 11) is 0. The third-order valence-corrected chi connectivity index (χ3v) is 5.53. The van der Waals surface area contributed by atoms with Gasteiger partial charge in [-0.2, -0.15) is 0 Å². The lowest BCUT2D eigenvalue weighted by Crippen LogP contribution is -3.15. The van der Waals surface area contributed by atoms with Gasteiger partial charge in [0.25, 0.3) is 0 Å². The molecule has 1 saturated heterocycles. The molecule has 1 aliphatic rings. The third kappa shape index (κ3) is 5.33. The van der Waals surface area contributed by atoms with Gasteiger partial charge >= 0.3 is 0 Å². The minimum absolute atomic E-state index is 0.0306. The molecule has 1 heterocycles. The molecule has 5 nitrogen and oxygen atoms in total. The van der Waals surface area contributed by atoms with E-state index in [1.807, 2.05) is 23.1 Å². The molecule has 1 aliphatic heterocycles. The van der Waals surface area contributed by atoms with Crippen molar-refractivity contribution in [3.8, 4) is 0 Å². The number of quaternary nitrogens is 1. The predicted molar refractivity (Wildman–Crippen MR) is 106 cm³/mol. The van der Waals surface area contributed by atoms with E-state index in [1.165, 1.54) is 16.0 Å². The van der Waals surface area contributed by atoms with Crippen molar-refractivity contribution in [2.75, 3.05) is 26.2 Å². The second-order valence-corrected chi connectivity index (χ2v) is 7.60. The van der Waals surface area contributed by atoms with Crippen LogP contribution in [0, 0.1) is 0 Å². The van der Waals surface area contributed by atoms with Crippen LogP contribution in [-0.2, 0) is 9.59 Å². The molecule has 1 amide bonds. The van der Waals surface area contributed by atoms with Gasteiger partial charge < -0.3 is 19.7 Å². The maximum Gasteiger partial charge on any atom is 0.222 e. The molecule has 1 N–H and O–H groups in total. The number of aliphatic carboxylic acids is 1. The number of benzene rings is 2. The molecule has 1 atom stereocenters. The number of hydrogen-bond acceptors (Lipinski definition) is 3. The van der Waals surface area contributed by atoms with Crippen LogP contribution in [-0.4, -0.2) is 43.0 Å². The van der Waals surface area contributed by atoms with Gasteiger partial charge in [0, 0.05) is 28.5 Å². The van der Waals surface area contributed by atoms with Crippen molar-refractivity contribution in [3.05, 3.63) is 70.7 Å². The Labute approximate surface area is 170 Å². The highest BCUT2D eigenvalue weighted by Gasteiger charge is 2.31. The highest BCUT2D eigenvalue weighted by molar-refractivity contribution is 6.30. The molecule has 0 bridgehead atoms. The van der Waals surface area contributed by atoms with Crippen LogP contribution in [0.2, 0.25) is 5.02 Å². The molecular weight excluding hydrogens is 376 g/mol. The molecular formula is C22H25ClN2O3. The van der Waals surface area contributed by atoms with E-state index in [0.29, 0.717) is 19.5 Å². The highest BCUT2D eigenvalue weighted by Crippen LogP contribution is 2.21. The van der Waals surface area contributed by atoms with Crippen LogP contribution in [0.5, 0.6) is 0 Å². The van der Waals surface area contributed by atoms with Crippen molar-refractivity contribution in [2.45, 2.75) is 25.3 Å². The van der Waals surface area contributed by atoms with Crippen LogP contribution in [0.25, 0.3) is 0 Å². The van der Waals surface area contributed by atoms with E-state index in [4.69, 9.17) is 11.6 Å². The molecule has 3 rings (SSSR count). The summed E-state index contributed by atoms with van der Waals surface area (Å²) in [6.07, 6.45) is 0.540. The van der Waals surface area contributed by atoms with Gasteiger partial charge in [-0.25, -0.2) is 0 Å². The summed E-state index contributed by atoms with van der Waals surface area (Å²) in [5, 5.41) is 11.2. The van der Waals surface area contributed by atoms with Crippen LogP contribution in [0.1, 0.15) is 36.4 Å². The summed E-state index contributed by atoms with van der Waals surface area (Å²) in [4.78, 5) is 26.1. The number of carbonyl (C=O) groups excluding carboxylic acids is 2. The largest absolute Gasteiger partial charge is 0.550 e. The summed E-state index contributed by atoms with van der Waals surface area (Å²) in [6.45, 7) is 3.04. The fraction of sp³-hybridized carbons (Fsp3) is 0.364. The molecule has 0 aliphatic carbocycles. The van der Waals surface area contributed by atoms with E-state index >= 15 is 0 Å². The SMILES string of the molecule is O=C([O-])CCCC(=O)N1CC[NH+]([C@@H](c2ccccc2)c2ccc(Cl)cc2)CC1. The number of carboxylic acids is 1. The van der Waals surface area contributed by atoms with Gasteiger partial charge in [-0.1, -0.05) is 54.1 Å². The number of rotatable bonds is 7. The van der Waals surface area contributed by atoms with Crippen LogP contribution in [0.3, 0.4) is 0 Å². The van der Waals surface area contributed by atoms with Crippen LogP contribution in [0.15, 0.2) is 54.6 Å². The van der Waals surface area contributed by atoms with Crippen molar-refractivity contribution in [3.63, 3.8) is 0 Å². The fourth-order valence-electron chi connectivity index (χ4n) is 3.84. The molecule has 0 radical (unpaired) electrons. The molecule has 0 saturated carbocycles. The smallest absolute Gasteiger partial charge is 0.222 e. The first-order chi connectivity index (χ1) is 13.5. The number of carboxylic acid groups (broad SMARTS) is 1. The zero-order valence-corrected chi connectivity index (χ0v) is 16.5. The van der Waals surface area contributed by atoms with Gasteiger partial charge in [0.1, 0.15) is 6.04 Å². The van der Waals surface area contributed by atoms with Crippen LogP contribution < -0.4 is 10.0 Å². The lowest BCUT2D eigenvalue weighted by molar-refractivity contribution is -0.929. The van der Waals surface area contributed by atoms with Gasteiger partial charge in [0.05, 0.1) is 26.2 Å². The van der Waals surface area contributed by atoms with E-state index in [-0.39, 0.29) is 24.8 Å². The molecule has 6 heteroatoms. The Balaban J connectivity index is 1.67. The molecule has 0 unspecified atom stereocenters. The molecule has 1 fully saturated rings. The van der Waals surface area contributed by atoms with E-state index in [2.05, 4.69) is 36.4 Å². The van der Waals surface area contributed by atoms with E-state index in [0.717, 1.165) is 18.1 Å².